The highest BCUT2D eigenvalue weighted by Crippen LogP contribution is 2.45. The lowest BCUT2D eigenvalue weighted by Crippen LogP contribution is -2.29. The number of hydrogen-bond donors (Lipinski definition) is 2. The number of ether oxygens (including phenoxy) is 3. The average molecular weight is 537 g/mol. The van der Waals surface area contributed by atoms with Gasteiger partial charge in [0.05, 0.1) is 43.5 Å². The standard InChI is InChI=1S/C28H25ClN2O7/c1-15(32)30-17-7-9-18(10-8-17)31-25(16-5-11-19(36-2)12-6-16)24(27(34)28(31)35)26(33)20-13-23(38-4)21(29)14-22(20)37-3/h5-14,25,33H,1-4H3,(H,30,32)/b26-24+. The maximum absolute atomic E-state index is 13.5. The maximum Gasteiger partial charge on any atom is 0.300 e. The summed E-state index contributed by atoms with van der Waals surface area (Å²) in [6, 6.07) is 15.2. The number of nitrogens with zero attached hydrogens (tertiary/aromatic N) is 1. The van der Waals surface area contributed by atoms with Gasteiger partial charge in [0.2, 0.25) is 5.91 Å². The summed E-state index contributed by atoms with van der Waals surface area (Å²) in [4.78, 5) is 39.6. The summed E-state index contributed by atoms with van der Waals surface area (Å²) in [6.45, 7) is 1.39. The molecule has 1 atom stereocenters. The van der Waals surface area contributed by atoms with E-state index in [0.29, 0.717) is 22.7 Å². The van der Waals surface area contributed by atoms with Crippen molar-refractivity contribution in [3.05, 3.63) is 82.4 Å². The molecule has 1 heterocycles. The molecule has 10 heteroatoms. The van der Waals surface area contributed by atoms with Gasteiger partial charge in [-0.3, -0.25) is 19.3 Å². The average Bonchev–Trinajstić information content (AvgIpc) is 3.18. The van der Waals surface area contributed by atoms with Gasteiger partial charge in [0.25, 0.3) is 11.7 Å². The number of halogens is 1. The first-order chi connectivity index (χ1) is 18.2. The zero-order valence-corrected chi connectivity index (χ0v) is 21.8. The first kappa shape index (κ1) is 26.6. The summed E-state index contributed by atoms with van der Waals surface area (Å²) in [5.41, 5.74) is 1.45. The Morgan fingerprint density at radius 2 is 1.55 bits per heavy atom. The molecule has 1 unspecified atom stereocenters. The molecule has 3 aromatic carbocycles. The highest BCUT2D eigenvalue weighted by Gasteiger charge is 2.47. The molecule has 196 valence electrons. The fourth-order valence-corrected chi connectivity index (χ4v) is 4.53. The largest absolute Gasteiger partial charge is 0.507 e. The number of benzene rings is 3. The number of nitrogens with one attached hydrogen (secondary N) is 1. The van der Waals surface area contributed by atoms with Crippen LogP contribution in [0.1, 0.15) is 24.1 Å². The zero-order chi connectivity index (χ0) is 27.6. The molecular formula is C28H25ClN2O7. The Morgan fingerprint density at radius 1 is 0.921 bits per heavy atom. The number of amides is 2. The molecule has 2 N–H and O–H groups in total. The number of anilines is 2. The van der Waals surface area contributed by atoms with Gasteiger partial charge in [-0.1, -0.05) is 23.7 Å². The molecule has 2 amide bonds. The van der Waals surface area contributed by atoms with Crippen LogP contribution >= 0.6 is 11.6 Å². The van der Waals surface area contributed by atoms with Crippen molar-refractivity contribution in [3.8, 4) is 17.2 Å². The van der Waals surface area contributed by atoms with Gasteiger partial charge in [0.1, 0.15) is 23.0 Å². The fourth-order valence-electron chi connectivity index (χ4n) is 4.30. The second kappa shape index (κ2) is 10.9. The van der Waals surface area contributed by atoms with Crippen LogP contribution in [-0.4, -0.2) is 44.0 Å². The van der Waals surface area contributed by atoms with E-state index < -0.39 is 23.5 Å². The molecule has 1 aliphatic heterocycles. The van der Waals surface area contributed by atoms with Crippen LogP contribution in [0, 0.1) is 0 Å². The Balaban J connectivity index is 1.93. The second-order valence-corrected chi connectivity index (χ2v) is 8.76. The SMILES string of the molecule is COc1ccc(C2/C(=C(\O)c3cc(OC)c(Cl)cc3OC)C(=O)C(=O)N2c2ccc(NC(C)=O)cc2)cc1. The van der Waals surface area contributed by atoms with Gasteiger partial charge in [0.15, 0.2) is 0 Å². The Bertz CT molecular complexity index is 1430. The minimum atomic E-state index is -0.987. The number of Topliss-reactive ketones (excluding diaryl/α,β-unsaturated/α-hetero) is 1. The van der Waals surface area contributed by atoms with Gasteiger partial charge in [-0.05, 0) is 48.0 Å². The van der Waals surface area contributed by atoms with E-state index in [-0.39, 0.29) is 33.6 Å². The van der Waals surface area contributed by atoms with Gasteiger partial charge in [0, 0.05) is 24.4 Å². The van der Waals surface area contributed by atoms with E-state index >= 15 is 0 Å². The molecule has 0 aromatic heterocycles. The van der Waals surface area contributed by atoms with E-state index in [9.17, 15) is 19.5 Å². The third-order valence-corrected chi connectivity index (χ3v) is 6.37. The summed E-state index contributed by atoms with van der Waals surface area (Å²) in [7, 11) is 4.33. The molecule has 0 spiro atoms. The van der Waals surface area contributed by atoms with Crippen molar-refractivity contribution in [3.63, 3.8) is 0 Å². The van der Waals surface area contributed by atoms with Crippen LogP contribution in [0.3, 0.4) is 0 Å². The van der Waals surface area contributed by atoms with Crippen LogP contribution in [-0.2, 0) is 14.4 Å². The normalized spacial score (nSPS) is 16.3. The van der Waals surface area contributed by atoms with Crippen LogP contribution in [0.4, 0.5) is 11.4 Å². The van der Waals surface area contributed by atoms with Crippen molar-refractivity contribution >= 4 is 46.3 Å². The Labute approximate surface area is 224 Å². The summed E-state index contributed by atoms with van der Waals surface area (Å²) < 4.78 is 15.9. The van der Waals surface area contributed by atoms with Gasteiger partial charge in [-0.25, -0.2) is 0 Å². The summed E-state index contributed by atoms with van der Waals surface area (Å²) in [5, 5.41) is 14.4. The molecule has 9 nitrogen and oxygen atoms in total. The number of methoxy groups -OCH3 is 3. The number of carbonyl (C=O) groups excluding carboxylic acids is 3. The monoisotopic (exact) mass is 536 g/mol. The molecule has 0 radical (unpaired) electrons. The lowest BCUT2D eigenvalue weighted by Gasteiger charge is -2.26. The van der Waals surface area contributed by atoms with Crippen LogP contribution in [0.5, 0.6) is 17.2 Å². The smallest absolute Gasteiger partial charge is 0.300 e. The fraction of sp³-hybridized carbons (Fsp3) is 0.179. The van der Waals surface area contributed by atoms with Crippen LogP contribution < -0.4 is 24.4 Å². The first-order valence-electron chi connectivity index (χ1n) is 11.4. The molecule has 38 heavy (non-hydrogen) atoms. The Morgan fingerprint density at radius 3 is 2.11 bits per heavy atom. The van der Waals surface area contributed by atoms with Gasteiger partial charge in [-0.15, -0.1) is 0 Å². The topological polar surface area (TPSA) is 114 Å². The number of aliphatic hydroxyl groups excluding tert-OH is 1. The van der Waals surface area contributed by atoms with E-state index in [1.807, 2.05) is 0 Å². The Kier molecular flexibility index (Phi) is 7.59. The highest BCUT2D eigenvalue weighted by molar-refractivity contribution is 6.51. The highest BCUT2D eigenvalue weighted by atomic mass is 35.5. The van der Waals surface area contributed by atoms with Crippen molar-refractivity contribution in [2.24, 2.45) is 0 Å². The van der Waals surface area contributed by atoms with E-state index in [0.717, 1.165) is 0 Å². The lowest BCUT2D eigenvalue weighted by molar-refractivity contribution is -0.132. The molecule has 0 saturated carbocycles. The van der Waals surface area contributed by atoms with Crippen LogP contribution in [0.2, 0.25) is 5.02 Å². The molecule has 1 aliphatic rings. The van der Waals surface area contributed by atoms with E-state index in [2.05, 4.69) is 5.32 Å². The summed E-state index contributed by atoms with van der Waals surface area (Å²) in [5.74, 6) is -1.40. The number of rotatable bonds is 7. The maximum atomic E-state index is 13.5. The quantitative estimate of drug-likeness (QED) is 0.249. The Hall–Kier alpha value is -4.50. The van der Waals surface area contributed by atoms with Crippen molar-refractivity contribution in [2.45, 2.75) is 13.0 Å². The molecule has 0 aliphatic carbocycles. The number of ketones is 1. The van der Waals surface area contributed by atoms with Gasteiger partial charge < -0.3 is 24.6 Å². The number of hydrogen-bond acceptors (Lipinski definition) is 7. The third-order valence-electron chi connectivity index (χ3n) is 6.07. The minimum Gasteiger partial charge on any atom is -0.507 e. The van der Waals surface area contributed by atoms with Crippen molar-refractivity contribution in [1.82, 2.24) is 0 Å². The minimum absolute atomic E-state index is 0.131. The first-order valence-corrected chi connectivity index (χ1v) is 11.8. The predicted octanol–water partition coefficient (Wildman–Crippen LogP) is 4.95. The summed E-state index contributed by atoms with van der Waals surface area (Å²) >= 11 is 6.23. The second-order valence-electron chi connectivity index (χ2n) is 8.36. The summed E-state index contributed by atoms with van der Waals surface area (Å²) in [6.07, 6.45) is 0. The van der Waals surface area contributed by atoms with E-state index in [1.54, 1.807) is 48.5 Å². The van der Waals surface area contributed by atoms with E-state index in [4.69, 9.17) is 25.8 Å². The third kappa shape index (κ3) is 4.88. The van der Waals surface area contributed by atoms with Crippen molar-refractivity contribution in [1.29, 1.82) is 0 Å². The van der Waals surface area contributed by atoms with Crippen molar-refractivity contribution < 1.29 is 33.7 Å². The van der Waals surface area contributed by atoms with E-state index in [1.165, 1.54) is 45.3 Å². The molecule has 0 bridgehead atoms. The van der Waals surface area contributed by atoms with Gasteiger partial charge >= 0.3 is 0 Å². The van der Waals surface area contributed by atoms with Crippen molar-refractivity contribution in [2.75, 3.05) is 31.5 Å². The molecular weight excluding hydrogens is 512 g/mol. The number of carbonyl (C=O) groups is 3. The zero-order valence-electron chi connectivity index (χ0n) is 21.1. The van der Waals surface area contributed by atoms with Crippen LogP contribution in [0.25, 0.3) is 5.76 Å². The lowest BCUT2D eigenvalue weighted by atomic mass is 9.94. The van der Waals surface area contributed by atoms with Crippen LogP contribution in [0.15, 0.2) is 66.2 Å². The molecule has 4 rings (SSSR count). The molecule has 3 aromatic rings. The molecule has 1 fully saturated rings. The number of aliphatic hydroxyl groups is 1. The predicted molar refractivity (Wildman–Crippen MR) is 143 cm³/mol. The van der Waals surface area contributed by atoms with Gasteiger partial charge in [-0.2, -0.15) is 0 Å². The molecule has 1 saturated heterocycles.